The Labute approximate surface area is 95.5 Å². The third kappa shape index (κ3) is 4.47. The monoisotopic (exact) mass is 328 g/mol. The average molecular weight is 328 g/mol. The largest absolute Gasteiger partial charge is 0.423 e. The minimum Gasteiger partial charge on any atom is -0.423 e. The topological polar surface area (TPSA) is 20.2 Å². The number of aryl methyl sites for hydroxylation is 1. The molecular weight excluding hydrogens is 317 g/mol. The molecule has 1 aromatic carbocycles. The highest BCUT2D eigenvalue weighted by molar-refractivity contribution is 14.1. The van der Waals surface area contributed by atoms with Crippen molar-refractivity contribution < 1.29 is 13.6 Å². The van der Waals surface area contributed by atoms with Gasteiger partial charge in [0.05, 0.1) is 0 Å². The summed E-state index contributed by atoms with van der Waals surface area (Å²) in [5.41, 5.74) is 0.604. The summed E-state index contributed by atoms with van der Waals surface area (Å²) in [4.78, 5) is 9.56. The average Bonchev–Trinajstić information content (AvgIpc) is 1.97. The predicted molar refractivity (Wildman–Crippen MR) is 62.7 cm³/mol. The van der Waals surface area contributed by atoms with E-state index in [0.717, 1.165) is 6.07 Å². The Morgan fingerprint density at radius 3 is 2.21 bits per heavy atom. The summed E-state index contributed by atoms with van der Waals surface area (Å²) < 4.78 is 25.5. The SMILES string of the molecule is C[Si](O)(I)CCc1cc(F)cc(F)c1. The molecule has 0 saturated carbocycles. The lowest BCUT2D eigenvalue weighted by molar-refractivity contribution is 0.567. The Kier molecular flexibility index (Phi) is 4.02. The molecule has 1 unspecified atom stereocenters. The van der Waals surface area contributed by atoms with Gasteiger partial charge in [-0.1, -0.05) is 21.8 Å². The zero-order valence-corrected chi connectivity index (χ0v) is 10.9. The van der Waals surface area contributed by atoms with Gasteiger partial charge in [0.25, 0.3) is 5.81 Å². The second kappa shape index (κ2) is 4.67. The number of benzene rings is 1. The lowest BCUT2D eigenvalue weighted by Crippen LogP contribution is -2.20. The Hall–Kier alpha value is -0.0131. The Morgan fingerprint density at radius 1 is 1.29 bits per heavy atom. The molecule has 0 radical (unpaired) electrons. The molecule has 0 spiro atoms. The highest BCUT2D eigenvalue weighted by Crippen LogP contribution is 2.18. The molecule has 1 rings (SSSR count). The summed E-state index contributed by atoms with van der Waals surface area (Å²) in [5, 5.41) is 0. The first-order valence-corrected chi connectivity index (χ1v) is 10.00. The van der Waals surface area contributed by atoms with Crippen LogP contribution in [0.25, 0.3) is 0 Å². The normalized spacial score (nSPS) is 15.2. The predicted octanol–water partition coefficient (Wildman–Crippen LogP) is 3.01. The second-order valence-electron chi connectivity index (χ2n) is 3.42. The maximum absolute atomic E-state index is 12.8. The van der Waals surface area contributed by atoms with Crippen LogP contribution in [0.15, 0.2) is 18.2 Å². The molecule has 1 N–H and O–H groups in total. The minimum absolute atomic E-state index is 0.525. The molecule has 0 saturated heterocycles. The van der Waals surface area contributed by atoms with E-state index in [4.69, 9.17) is 0 Å². The van der Waals surface area contributed by atoms with E-state index in [-0.39, 0.29) is 0 Å². The van der Waals surface area contributed by atoms with Crippen LogP contribution in [0.3, 0.4) is 0 Å². The molecule has 0 aliphatic heterocycles. The third-order valence-electron chi connectivity index (χ3n) is 1.79. The summed E-state index contributed by atoms with van der Waals surface area (Å²) in [6.07, 6.45) is 0.525. The van der Waals surface area contributed by atoms with E-state index >= 15 is 0 Å². The maximum Gasteiger partial charge on any atom is 0.252 e. The molecule has 0 fully saturated rings. The summed E-state index contributed by atoms with van der Waals surface area (Å²) in [6, 6.07) is 4.07. The highest BCUT2D eigenvalue weighted by Gasteiger charge is 2.19. The molecule has 0 heterocycles. The van der Waals surface area contributed by atoms with Crippen LogP contribution >= 0.6 is 21.8 Å². The van der Waals surface area contributed by atoms with Crippen molar-refractivity contribution in [3.63, 3.8) is 0 Å². The van der Waals surface area contributed by atoms with Crippen molar-refractivity contribution in [2.45, 2.75) is 19.0 Å². The van der Waals surface area contributed by atoms with Gasteiger partial charge >= 0.3 is 0 Å². The van der Waals surface area contributed by atoms with Gasteiger partial charge in [-0.2, -0.15) is 0 Å². The second-order valence-corrected chi connectivity index (χ2v) is 13.2. The van der Waals surface area contributed by atoms with Gasteiger partial charge in [0, 0.05) is 6.07 Å². The van der Waals surface area contributed by atoms with Crippen molar-refractivity contribution >= 4 is 27.6 Å². The van der Waals surface area contributed by atoms with Crippen LogP contribution in [0.2, 0.25) is 12.6 Å². The molecule has 0 aliphatic carbocycles. The smallest absolute Gasteiger partial charge is 0.252 e. The van der Waals surface area contributed by atoms with Crippen molar-refractivity contribution in [3.05, 3.63) is 35.4 Å². The van der Waals surface area contributed by atoms with Gasteiger partial charge in [0.2, 0.25) is 0 Å². The Bertz CT molecular complexity index is 305. The summed E-state index contributed by atoms with van der Waals surface area (Å²) in [6.45, 7) is 1.79. The number of halogens is 3. The van der Waals surface area contributed by atoms with E-state index in [1.54, 1.807) is 6.55 Å². The van der Waals surface area contributed by atoms with Gasteiger partial charge in [-0.05, 0) is 36.7 Å². The quantitative estimate of drug-likeness (QED) is 0.514. The van der Waals surface area contributed by atoms with Crippen LogP contribution in [0.1, 0.15) is 5.56 Å². The first-order chi connectivity index (χ1) is 6.37. The van der Waals surface area contributed by atoms with Crippen LogP contribution < -0.4 is 0 Å². The molecule has 1 aromatic rings. The number of hydrogen-bond donors (Lipinski definition) is 1. The highest BCUT2D eigenvalue weighted by atomic mass is 127. The fourth-order valence-corrected chi connectivity index (χ4v) is 2.68. The lowest BCUT2D eigenvalue weighted by atomic mass is 10.2. The van der Waals surface area contributed by atoms with E-state index < -0.39 is 17.4 Å². The first kappa shape index (κ1) is 12.1. The zero-order chi connectivity index (χ0) is 10.8. The molecule has 0 aliphatic rings. The molecule has 5 heteroatoms. The van der Waals surface area contributed by atoms with Gasteiger partial charge in [-0.15, -0.1) is 0 Å². The van der Waals surface area contributed by atoms with Crippen LogP contribution in [0, 0.1) is 11.6 Å². The molecule has 0 aromatic heterocycles. The van der Waals surface area contributed by atoms with E-state index in [2.05, 4.69) is 0 Å². The fourth-order valence-electron chi connectivity index (χ4n) is 1.13. The van der Waals surface area contributed by atoms with E-state index in [9.17, 15) is 13.6 Å². The Morgan fingerprint density at radius 2 is 1.79 bits per heavy atom. The van der Waals surface area contributed by atoms with Gasteiger partial charge in [-0.3, -0.25) is 0 Å². The van der Waals surface area contributed by atoms with Crippen molar-refractivity contribution in [1.29, 1.82) is 0 Å². The molecule has 78 valence electrons. The zero-order valence-electron chi connectivity index (χ0n) is 7.73. The molecule has 0 amide bonds. The van der Waals surface area contributed by atoms with Gasteiger partial charge in [0.15, 0.2) is 0 Å². The fraction of sp³-hybridized carbons (Fsp3) is 0.333. The number of hydrogen-bond acceptors (Lipinski definition) is 1. The molecule has 14 heavy (non-hydrogen) atoms. The van der Waals surface area contributed by atoms with Crippen LogP contribution in [0.5, 0.6) is 0 Å². The Balaban J connectivity index is 2.68. The summed E-state index contributed by atoms with van der Waals surface area (Å²) in [7, 11) is 0. The summed E-state index contributed by atoms with van der Waals surface area (Å²) in [5.74, 6) is -3.27. The molecule has 0 bridgehead atoms. The minimum atomic E-state index is -2.15. The van der Waals surface area contributed by atoms with E-state index in [1.165, 1.54) is 12.1 Å². The van der Waals surface area contributed by atoms with Crippen molar-refractivity contribution in [1.82, 2.24) is 0 Å². The lowest BCUT2D eigenvalue weighted by Gasteiger charge is -2.11. The van der Waals surface area contributed by atoms with E-state index in [0.29, 0.717) is 18.0 Å². The maximum atomic E-state index is 12.8. The third-order valence-corrected chi connectivity index (χ3v) is 4.57. The van der Waals surface area contributed by atoms with Crippen molar-refractivity contribution in [2.75, 3.05) is 0 Å². The van der Waals surface area contributed by atoms with Gasteiger partial charge in [0.1, 0.15) is 11.6 Å². The van der Waals surface area contributed by atoms with Crippen LogP contribution in [-0.2, 0) is 6.42 Å². The van der Waals surface area contributed by atoms with E-state index in [1.807, 2.05) is 21.8 Å². The standard InChI is InChI=1S/C9H11F2IOSi/c1-14(12,13)3-2-7-4-8(10)6-9(11)5-7/h4-6,13H,2-3H2,1H3. The van der Waals surface area contributed by atoms with Crippen LogP contribution in [0.4, 0.5) is 8.78 Å². The first-order valence-electron chi connectivity index (χ1n) is 4.23. The van der Waals surface area contributed by atoms with Gasteiger partial charge in [-0.25, -0.2) is 8.78 Å². The van der Waals surface area contributed by atoms with Crippen molar-refractivity contribution in [3.8, 4) is 0 Å². The molecular formula is C9H11F2IOSi. The van der Waals surface area contributed by atoms with Crippen LogP contribution in [-0.4, -0.2) is 10.6 Å². The molecule has 1 nitrogen and oxygen atoms in total. The van der Waals surface area contributed by atoms with Gasteiger partial charge < -0.3 is 4.80 Å². The summed E-state index contributed by atoms with van der Waals surface area (Å²) >= 11 is 2.03. The van der Waals surface area contributed by atoms with Crippen molar-refractivity contribution in [2.24, 2.45) is 0 Å². The number of rotatable bonds is 3. The molecule has 1 atom stereocenters.